The van der Waals surface area contributed by atoms with Gasteiger partial charge >= 0.3 is 0 Å². The van der Waals surface area contributed by atoms with Crippen molar-refractivity contribution in [2.45, 2.75) is 26.7 Å². The Bertz CT molecular complexity index is 442. The van der Waals surface area contributed by atoms with Crippen LogP contribution in [0.15, 0.2) is 18.2 Å². The number of amides is 1. The molecule has 4 nitrogen and oxygen atoms in total. The second-order valence-electron chi connectivity index (χ2n) is 5.06. The molecule has 1 aromatic carbocycles. The van der Waals surface area contributed by atoms with Crippen LogP contribution in [0, 0.1) is 5.41 Å². The summed E-state index contributed by atoms with van der Waals surface area (Å²) in [5, 5.41) is 3.87. The molecule has 21 heavy (non-hydrogen) atoms. The highest BCUT2D eigenvalue weighted by Gasteiger charge is 2.27. The van der Waals surface area contributed by atoms with Crippen LogP contribution in [0.1, 0.15) is 37.0 Å². The van der Waals surface area contributed by atoms with Gasteiger partial charge in [-0.15, -0.1) is 0 Å². The Labute approximate surface area is 135 Å². The minimum absolute atomic E-state index is 0.0743. The molecule has 0 atom stereocenters. The lowest BCUT2D eigenvalue weighted by molar-refractivity contribution is 0.0926. The number of methoxy groups -OCH3 is 2. The lowest BCUT2D eigenvalue weighted by atomic mass is 9.84. The molecule has 0 aliphatic heterocycles. The first kappa shape index (κ1) is 17.8. The molecule has 1 rings (SSSR count). The molecule has 5 heteroatoms. The summed E-state index contributed by atoms with van der Waals surface area (Å²) in [4.78, 5) is 12.5. The predicted octanol–water partition coefficient (Wildman–Crippen LogP) is 3.63. The second kappa shape index (κ2) is 8.27. The highest BCUT2D eigenvalue weighted by Crippen LogP contribution is 2.30. The number of halogens is 1. The van der Waals surface area contributed by atoms with Crippen LogP contribution in [0.3, 0.4) is 0 Å². The lowest BCUT2D eigenvalue weighted by Crippen LogP contribution is -2.38. The molecular weight excluding hydrogens is 334 g/mol. The Kier molecular flexibility index (Phi) is 7.02. The van der Waals surface area contributed by atoms with Gasteiger partial charge in [-0.1, -0.05) is 35.8 Å². The number of nitrogens with one attached hydrogen (secondary N) is 1. The van der Waals surface area contributed by atoms with Crippen molar-refractivity contribution in [2.24, 2.45) is 5.41 Å². The van der Waals surface area contributed by atoms with Crippen LogP contribution in [0.5, 0.6) is 11.5 Å². The molecule has 0 unspecified atom stereocenters. The van der Waals surface area contributed by atoms with Crippen LogP contribution in [-0.2, 0) is 0 Å². The van der Waals surface area contributed by atoms with E-state index in [2.05, 4.69) is 35.1 Å². The third-order valence-corrected chi connectivity index (χ3v) is 5.25. The standard InChI is InChI=1S/C16H24BrNO3/c1-5-16(6-2,10-17)11-18-15(19)14-12(20-3)8-7-9-13(14)21-4/h7-9H,5-6,10-11H2,1-4H3,(H,18,19). The predicted molar refractivity (Wildman–Crippen MR) is 88.7 cm³/mol. The largest absolute Gasteiger partial charge is 0.496 e. The first-order valence-electron chi connectivity index (χ1n) is 7.12. The Morgan fingerprint density at radius 1 is 1.19 bits per heavy atom. The Morgan fingerprint density at radius 2 is 1.71 bits per heavy atom. The third kappa shape index (κ3) is 4.13. The summed E-state index contributed by atoms with van der Waals surface area (Å²) in [6, 6.07) is 5.32. The van der Waals surface area contributed by atoms with Crippen molar-refractivity contribution in [1.29, 1.82) is 0 Å². The lowest BCUT2D eigenvalue weighted by Gasteiger charge is -2.29. The van der Waals surface area contributed by atoms with Crippen molar-refractivity contribution >= 4 is 21.8 Å². The molecule has 0 radical (unpaired) electrons. The van der Waals surface area contributed by atoms with Gasteiger partial charge in [0, 0.05) is 11.9 Å². The van der Waals surface area contributed by atoms with Crippen LogP contribution < -0.4 is 14.8 Å². The van der Waals surface area contributed by atoms with Crippen LogP contribution in [-0.4, -0.2) is 32.0 Å². The highest BCUT2D eigenvalue weighted by atomic mass is 79.9. The van der Waals surface area contributed by atoms with Crippen LogP contribution in [0.25, 0.3) is 0 Å². The van der Waals surface area contributed by atoms with Crippen molar-refractivity contribution in [3.8, 4) is 11.5 Å². The summed E-state index contributed by atoms with van der Waals surface area (Å²) in [7, 11) is 3.10. The highest BCUT2D eigenvalue weighted by molar-refractivity contribution is 9.09. The van der Waals surface area contributed by atoms with Gasteiger partial charge in [-0.25, -0.2) is 0 Å². The van der Waals surface area contributed by atoms with E-state index in [4.69, 9.17) is 9.47 Å². The maximum atomic E-state index is 12.5. The minimum Gasteiger partial charge on any atom is -0.496 e. The number of rotatable bonds is 8. The number of hydrogen-bond donors (Lipinski definition) is 1. The van der Waals surface area contributed by atoms with Gasteiger partial charge < -0.3 is 14.8 Å². The molecular formula is C16H24BrNO3. The monoisotopic (exact) mass is 357 g/mol. The first-order chi connectivity index (χ1) is 10.1. The summed E-state index contributed by atoms with van der Waals surface area (Å²) in [6.07, 6.45) is 2.00. The average molecular weight is 358 g/mol. The van der Waals surface area contributed by atoms with E-state index in [0.29, 0.717) is 23.6 Å². The number of ether oxygens (including phenoxy) is 2. The molecule has 1 aromatic rings. The molecule has 0 aliphatic carbocycles. The molecule has 0 aliphatic rings. The molecule has 0 saturated carbocycles. The van der Waals surface area contributed by atoms with E-state index in [-0.39, 0.29) is 11.3 Å². The molecule has 0 bridgehead atoms. The van der Waals surface area contributed by atoms with Crippen molar-refractivity contribution in [1.82, 2.24) is 5.32 Å². The van der Waals surface area contributed by atoms with Crippen LogP contribution in [0.4, 0.5) is 0 Å². The zero-order valence-corrected chi connectivity index (χ0v) is 14.7. The van der Waals surface area contributed by atoms with Gasteiger partial charge in [0.15, 0.2) is 0 Å². The quantitative estimate of drug-likeness (QED) is 0.722. The Hall–Kier alpha value is -1.23. The van der Waals surface area contributed by atoms with Gasteiger partial charge in [-0.05, 0) is 30.4 Å². The number of carbonyl (C=O) groups excluding carboxylic acids is 1. The van der Waals surface area contributed by atoms with E-state index >= 15 is 0 Å². The minimum atomic E-state index is -0.170. The molecule has 0 fully saturated rings. The van der Waals surface area contributed by atoms with Crippen LogP contribution in [0.2, 0.25) is 0 Å². The fourth-order valence-electron chi connectivity index (χ4n) is 2.17. The van der Waals surface area contributed by atoms with Gasteiger partial charge in [-0.3, -0.25) is 4.79 Å². The average Bonchev–Trinajstić information content (AvgIpc) is 2.55. The smallest absolute Gasteiger partial charge is 0.258 e. The summed E-state index contributed by atoms with van der Waals surface area (Å²) in [6.45, 7) is 4.90. The summed E-state index contributed by atoms with van der Waals surface area (Å²) in [5.74, 6) is 0.866. The van der Waals surface area contributed by atoms with Gasteiger partial charge in [0.25, 0.3) is 5.91 Å². The second-order valence-corrected chi connectivity index (χ2v) is 5.62. The third-order valence-electron chi connectivity index (χ3n) is 4.06. The van der Waals surface area contributed by atoms with Crippen molar-refractivity contribution in [2.75, 3.05) is 26.1 Å². The number of alkyl halides is 1. The van der Waals surface area contributed by atoms with Gasteiger partial charge in [0.2, 0.25) is 0 Å². The molecule has 0 aromatic heterocycles. The summed E-state index contributed by atoms with van der Waals surface area (Å²) in [5.41, 5.74) is 0.517. The first-order valence-corrected chi connectivity index (χ1v) is 8.24. The number of carbonyl (C=O) groups is 1. The van der Waals surface area contributed by atoms with E-state index in [1.807, 2.05) is 0 Å². The van der Waals surface area contributed by atoms with Crippen molar-refractivity contribution in [3.63, 3.8) is 0 Å². The number of hydrogen-bond acceptors (Lipinski definition) is 3. The molecule has 1 amide bonds. The van der Waals surface area contributed by atoms with Gasteiger partial charge in [0.1, 0.15) is 17.1 Å². The topological polar surface area (TPSA) is 47.6 Å². The normalized spacial score (nSPS) is 11.1. The molecule has 0 heterocycles. The van der Waals surface area contributed by atoms with Gasteiger partial charge in [-0.2, -0.15) is 0 Å². The fourth-order valence-corrected chi connectivity index (χ4v) is 3.16. The van der Waals surface area contributed by atoms with E-state index in [1.54, 1.807) is 32.4 Å². The van der Waals surface area contributed by atoms with E-state index in [1.165, 1.54) is 0 Å². The maximum absolute atomic E-state index is 12.5. The fraction of sp³-hybridized carbons (Fsp3) is 0.562. The van der Waals surface area contributed by atoms with E-state index in [0.717, 1.165) is 18.2 Å². The Morgan fingerprint density at radius 3 is 2.10 bits per heavy atom. The van der Waals surface area contributed by atoms with Crippen LogP contribution >= 0.6 is 15.9 Å². The SMILES string of the molecule is CCC(CC)(CBr)CNC(=O)c1c(OC)cccc1OC. The van der Waals surface area contributed by atoms with Gasteiger partial charge in [0.05, 0.1) is 14.2 Å². The summed E-state index contributed by atoms with van der Waals surface area (Å²) >= 11 is 3.56. The van der Waals surface area contributed by atoms with E-state index in [9.17, 15) is 4.79 Å². The zero-order valence-electron chi connectivity index (χ0n) is 13.2. The summed E-state index contributed by atoms with van der Waals surface area (Å²) < 4.78 is 10.5. The molecule has 118 valence electrons. The molecule has 0 spiro atoms. The maximum Gasteiger partial charge on any atom is 0.258 e. The van der Waals surface area contributed by atoms with E-state index < -0.39 is 0 Å². The number of benzene rings is 1. The molecule has 0 saturated heterocycles. The van der Waals surface area contributed by atoms with Crippen molar-refractivity contribution < 1.29 is 14.3 Å². The zero-order chi connectivity index (χ0) is 15.9. The molecule has 1 N–H and O–H groups in total. The Balaban J connectivity index is 2.94. The van der Waals surface area contributed by atoms with Crippen molar-refractivity contribution in [3.05, 3.63) is 23.8 Å².